The summed E-state index contributed by atoms with van der Waals surface area (Å²) in [6.07, 6.45) is 3.48. The van der Waals surface area contributed by atoms with E-state index in [0.717, 1.165) is 19.5 Å². The largest absolute Gasteiger partial charge is 0.477 e. The summed E-state index contributed by atoms with van der Waals surface area (Å²) in [5, 5.41) is 11.8. The van der Waals surface area contributed by atoms with Gasteiger partial charge in [-0.2, -0.15) is 0 Å². The Kier molecular flexibility index (Phi) is 3.40. The minimum absolute atomic E-state index is 0.108. The average Bonchev–Trinajstić information content (AvgIpc) is 3.20. The first-order valence-corrected chi connectivity index (χ1v) is 6.89. The van der Waals surface area contributed by atoms with Crippen LogP contribution in [-0.4, -0.2) is 52.0 Å². The van der Waals surface area contributed by atoms with Gasteiger partial charge in [0, 0.05) is 25.2 Å². The molecular formula is C14H17N3O3. The van der Waals surface area contributed by atoms with E-state index < -0.39 is 5.97 Å². The molecule has 0 aromatic carbocycles. The van der Waals surface area contributed by atoms with E-state index >= 15 is 0 Å². The molecule has 106 valence electrons. The predicted molar refractivity (Wildman–Crippen MR) is 71.7 cm³/mol. The molecule has 1 aromatic rings. The molecule has 2 heterocycles. The van der Waals surface area contributed by atoms with Gasteiger partial charge in [0.25, 0.3) is 5.91 Å². The SMILES string of the molecule is O=C(O)c1cccc(C(=O)NC2CCN(C3CC3)C2)n1. The highest BCUT2D eigenvalue weighted by molar-refractivity contribution is 5.94. The molecule has 6 heteroatoms. The van der Waals surface area contributed by atoms with E-state index in [1.807, 2.05) is 0 Å². The van der Waals surface area contributed by atoms with E-state index in [4.69, 9.17) is 5.11 Å². The Morgan fingerprint density at radius 3 is 2.70 bits per heavy atom. The van der Waals surface area contributed by atoms with Crippen LogP contribution in [0.5, 0.6) is 0 Å². The maximum Gasteiger partial charge on any atom is 0.354 e. The van der Waals surface area contributed by atoms with Gasteiger partial charge < -0.3 is 10.4 Å². The van der Waals surface area contributed by atoms with Crippen LogP contribution in [0.1, 0.15) is 40.2 Å². The van der Waals surface area contributed by atoms with Crippen molar-refractivity contribution in [2.24, 2.45) is 0 Å². The van der Waals surface area contributed by atoms with Crippen LogP contribution < -0.4 is 5.32 Å². The number of carbonyl (C=O) groups is 2. The van der Waals surface area contributed by atoms with Crippen molar-refractivity contribution in [1.29, 1.82) is 0 Å². The summed E-state index contributed by atoms with van der Waals surface area (Å²) < 4.78 is 0. The molecule has 2 fully saturated rings. The Morgan fingerprint density at radius 1 is 1.25 bits per heavy atom. The Hall–Kier alpha value is -1.95. The Bertz CT molecular complexity index is 542. The summed E-state index contributed by atoms with van der Waals surface area (Å²) in [4.78, 5) is 29.2. The lowest BCUT2D eigenvalue weighted by atomic mass is 10.2. The number of hydrogen-bond donors (Lipinski definition) is 2. The van der Waals surface area contributed by atoms with Crippen LogP contribution in [0.2, 0.25) is 0 Å². The van der Waals surface area contributed by atoms with Crippen LogP contribution in [-0.2, 0) is 0 Å². The second-order valence-corrected chi connectivity index (χ2v) is 5.40. The summed E-state index contributed by atoms with van der Waals surface area (Å²) >= 11 is 0. The quantitative estimate of drug-likeness (QED) is 0.847. The van der Waals surface area contributed by atoms with Crippen molar-refractivity contribution in [2.45, 2.75) is 31.3 Å². The van der Waals surface area contributed by atoms with E-state index in [2.05, 4.69) is 15.2 Å². The average molecular weight is 275 g/mol. The smallest absolute Gasteiger partial charge is 0.354 e. The van der Waals surface area contributed by atoms with Crippen molar-refractivity contribution < 1.29 is 14.7 Å². The van der Waals surface area contributed by atoms with Crippen molar-refractivity contribution >= 4 is 11.9 Å². The topological polar surface area (TPSA) is 82.5 Å². The van der Waals surface area contributed by atoms with Gasteiger partial charge in [-0.1, -0.05) is 6.07 Å². The third kappa shape index (κ3) is 2.80. The molecule has 0 bridgehead atoms. The van der Waals surface area contributed by atoms with Gasteiger partial charge in [-0.15, -0.1) is 0 Å². The number of pyridine rings is 1. The number of likely N-dealkylation sites (tertiary alicyclic amines) is 1. The summed E-state index contributed by atoms with van der Waals surface area (Å²) in [5.74, 6) is -1.42. The van der Waals surface area contributed by atoms with E-state index in [-0.39, 0.29) is 23.3 Å². The lowest BCUT2D eigenvalue weighted by Crippen LogP contribution is -2.38. The van der Waals surface area contributed by atoms with Crippen LogP contribution in [0.3, 0.4) is 0 Å². The van der Waals surface area contributed by atoms with Gasteiger partial charge in [-0.3, -0.25) is 9.69 Å². The molecule has 1 amide bonds. The molecule has 1 atom stereocenters. The van der Waals surface area contributed by atoms with Crippen LogP contribution in [0.4, 0.5) is 0 Å². The molecule has 1 aliphatic carbocycles. The number of aromatic nitrogens is 1. The van der Waals surface area contributed by atoms with Crippen molar-refractivity contribution in [1.82, 2.24) is 15.2 Å². The highest BCUT2D eigenvalue weighted by Gasteiger charge is 2.34. The number of rotatable bonds is 4. The molecule has 1 aliphatic heterocycles. The number of carboxylic acid groups (broad SMARTS) is 1. The van der Waals surface area contributed by atoms with E-state index in [9.17, 15) is 9.59 Å². The van der Waals surface area contributed by atoms with Crippen LogP contribution in [0.15, 0.2) is 18.2 Å². The molecule has 2 aliphatic rings. The molecule has 1 unspecified atom stereocenters. The van der Waals surface area contributed by atoms with Crippen molar-refractivity contribution in [3.63, 3.8) is 0 Å². The van der Waals surface area contributed by atoms with Gasteiger partial charge >= 0.3 is 5.97 Å². The van der Waals surface area contributed by atoms with Gasteiger partial charge in [0.05, 0.1) is 0 Å². The fourth-order valence-corrected chi connectivity index (χ4v) is 2.62. The van der Waals surface area contributed by atoms with Crippen molar-refractivity contribution in [3.8, 4) is 0 Å². The summed E-state index contributed by atoms with van der Waals surface area (Å²) in [6.45, 7) is 1.91. The van der Waals surface area contributed by atoms with Gasteiger partial charge in [0.15, 0.2) is 0 Å². The number of amides is 1. The fourth-order valence-electron chi connectivity index (χ4n) is 2.62. The molecule has 1 saturated carbocycles. The van der Waals surface area contributed by atoms with Crippen LogP contribution in [0.25, 0.3) is 0 Å². The molecule has 0 radical (unpaired) electrons. The molecule has 3 rings (SSSR count). The maximum atomic E-state index is 12.1. The monoisotopic (exact) mass is 275 g/mol. The lowest BCUT2D eigenvalue weighted by Gasteiger charge is -2.15. The molecule has 1 aromatic heterocycles. The number of hydrogen-bond acceptors (Lipinski definition) is 4. The summed E-state index contributed by atoms with van der Waals surface area (Å²) in [7, 11) is 0. The molecule has 2 N–H and O–H groups in total. The number of nitrogens with one attached hydrogen (secondary N) is 1. The summed E-state index contributed by atoms with van der Waals surface area (Å²) in [5.41, 5.74) is 0.0541. The number of nitrogens with zero attached hydrogens (tertiary/aromatic N) is 2. The Morgan fingerprint density at radius 2 is 2.00 bits per heavy atom. The minimum atomic E-state index is -1.12. The maximum absolute atomic E-state index is 12.1. The van der Waals surface area contributed by atoms with Gasteiger partial charge in [0.1, 0.15) is 11.4 Å². The fraction of sp³-hybridized carbons (Fsp3) is 0.500. The van der Waals surface area contributed by atoms with Crippen LogP contribution >= 0.6 is 0 Å². The number of aromatic carboxylic acids is 1. The van der Waals surface area contributed by atoms with E-state index in [0.29, 0.717) is 6.04 Å². The molecular weight excluding hydrogens is 258 g/mol. The molecule has 6 nitrogen and oxygen atoms in total. The standard InChI is InChI=1S/C14H17N3O3/c18-13(11-2-1-3-12(16-11)14(19)20)15-9-6-7-17(8-9)10-4-5-10/h1-3,9-10H,4-8H2,(H,15,18)(H,19,20). The lowest BCUT2D eigenvalue weighted by molar-refractivity contribution is 0.0690. The molecule has 20 heavy (non-hydrogen) atoms. The zero-order valence-electron chi connectivity index (χ0n) is 11.1. The first kappa shape index (κ1) is 13.1. The van der Waals surface area contributed by atoms with Crippen molar-refractivity contribution in [2.75, 3.05) is 13.1 Å². The highest BCUT2D eigenvalue weighted by Crippen LogP contribution is 2.29. The third-order valence-electron chi connectivity index (χ3n) is 3.82. The number of carbonyl (C=O) groups excluding carboxylic acids is 1. The summed E-state index contributed by atoms with van der Waals surface area (Å²) in [6, 6.07) is 5.30. The van der Waals surface area contributed by atoms with Gasteiger partial charge in [-0.25, -0.2) is 9.78 Å². The second-order valence-electron chi connectivity index (χ2n) is 5.40. The first-order valence-electron chi connectivity index (χ1n) is 6.89. The van der Waals surface area contributed by atoms with Crippen molar-refractivity contribution in [3.05, 3.63) is 29.6 Å². The van der Waals surface area contributed by atoms with Gasteiger partial charge in [-0.05, 0) is 31.4 Å². The first-order chi connectivity index (χ1) is 9.63. The predicted octanol–water partition coefficient (Wildman–Crippen LogP) is 0.746. The molecule has 1 saturated heterocycles. The Labute approximate surface area is 116 Å². The minimum Gasteiger partial charge on any atom is -0.477 e. The third-order valence-corrected chi connectivity index (χ3v) is 3.82. The van der Waals surface area contributed by atoms with E-state index in [1.54, 1.807) is 0 Å². The van der Waals surface area contributed by atoms with E-state index in [1.165, 1.54) is 31.0 Å². The van der Waals surface area contributed by atoms with Gasteiger partial charge in [0.2, 0.25) is 0 Å². The zero-order chi connectivity index (χ0) is 14.1. The zero-order valence-corrected chi connectivity index (χ0v) is 11.1. The number of carboxylic acids is 1. The normalized spacial score (nSPS) is 22.7. The second kappa shape index (κ2) is 5.20. The molecule has 0 spiro atoms. The highest BCUT2D eigenvalue weighted by atomic mass is 16.4. The Balaban J connectivity index is 1.61. The van der Waals surface area contributed by atoms with Crippen LogP contribution in [0, 0.1) is 0 Å².